The Morgan fingerprint density at radius 1 is 1.23 bits per heavy atom. The SMILES string of the molecule is C#CC.C/C(=C\C=C\N(C)CCCCC=O)C(=O)NCC(O)CNC1Cc2ccccc2C1.CC. The highest BCUT2D eigenvalue weighted by Crippen LogP contribution is 2.21. The summed E-state index contributed by atoms with van der Waals surface area (Å²) in [6.45, 7) is 8.95. The number of hydrogen-bond acceptors (Lipinski definition) is 5. The standard InChI is InChI=1S/C24H35N3O3.C3H4.C2H6/c1-19(9-8-13-27(2)12-6-3-7-14-28)24(30)26-18-23(29)17-25-22-15-20-10-4-5-11-21(20)16-22;1-3-2;1-2/h4-5,8-11,13-14,22-23,25,29H,3,6-7,12,15-18H2,1-2H3,(H,26,30);1H,2H3;1-2H3/b13-8+,19-9+;;. The summed E-state index contributed by atoms with van der Waals surface area (Å²) in [4.78, 5) is 24.5. The van der Waals surface area contributed by atoms with Crippen LogP contribution in [0.3, 0.4) is 0 Å². The summed E-state index contributed by atoms with van der Waals surface area (Å²) in [6.07, 6.45) is 14.8. The van der Waals surface area contributed by atoms with Crippen LogP contribution in [0.4, 0.5) is 0 Å². The minimum absolute atomic E-state index is 0.180. The Labute approximate surface area is 212 Å². The maximum atomic E-state index is 12.2. The van der Waals surface area contributed by atoms with Crippen LogP contribution in [-0.4, -0.2) is 61.0 Å². The average Bonchev–Trinajstić information content (AvgIpc) is 3.28. The Morgan fingerprint density at radius 2 is 1.83 bits per heavy atom. The van der Waals surface area contributed by atoms with Crippen molar-refractivity contribution in [1.82, 2.24) is 15.5 Å². The molecule has 1 aliphatic rings. The number of amides is 1. The summed E-state index contributed by atoms with van der Waals surface area (Å²) in [5.41, 5.74) is 3.34. The van der Waals surface area contributed by atoms with Crippen molar-refractivity contribution in [2.24, 2.45) is 0 Å². The molecular weight excluding hydrogens is 438 g/mol. The first-order valence-corrected chi connectivity index (χ1v) is 12.5. The number of carbonyl (C=O) groups is 2. The molecule has 6 heteroatoms. The predicted molar refractivity (Wildman–Crippen MR) is 146 cm³/mol. The molecule has 2 rings (SSSR count). The molecule has 1 unspecified atom stereocenters. The molecule has 1 amide bonds. The maximum absolute atomic E-state index is 12.2. The van der Waals surface area contributed by atoms with Gasteiger partial charge < -0.3 is 25.4 Å². The summed E-state index contributed by atoms with van der Waals surface area (Å²) in [6, 6.07) is 8.77. The number of unbranched alkanes of at least 4 members (excludes halogenated alkanes) is 2. The van der Waals surface area contributed by atoms with Gasteiger partial charge in [0.1, 0.15) is 6.29 Å². The van der Waals surface area contributed by atoms with Gasteiger partial charge >= 0.3 is 0 Å². The van der Waals surface area contributed by atoms with Crippen LogP contribution >= 0.6 is 0 Å². The number of aldehydes is 1. The Balaban J connectivity index is 0.00000214. The number of allylic oxidation sites excluding steroid dienone is 2. The molecule has 1 aliphatic carbocycles. The van der Waals surface area contributed by atoms with E-state index in [9.17, 15) is 14.7 Å². The molecule has 0 bridgehead atoms. The average molecular weight is 484 g/mol. The quantitative estimate of drug-likeness (QED) is 0.131. The minimum atomic E-state index is -0.626. The molecule has 0 saturated heterocycles. The van der Waals surface area contributed by atoms with Gasteiger partial charge in [-0.2, -0.15) is 0 Å². The number of carbonyl (C=O) groups excluding carboxylic acids is 2. The van der Waals surface area contributed by atoms with Gasteiger partial charge in [0.2, 0.25) is 5.91 Å². The molecule has 35 heavy (non-hydrogen) atoms. The molecule has 1 atom stereocenters. The van der Waals surface area contributed by atoms with Gasteiger partial charge in [-0.05, 0) is 62.9 Å². The number of rotatable bonds is 13. The van der Waals surface area contributed by atoms with Crippen molar-refractivity contribution >= 4 is 12.2 Å². The van der Waals surface area contributed by atoms with E-state index >= 15 is 0 Å². The van der Waals surface area contributed by atoms with Crippen LogP contribution in [0.5, 0.6) is 0 Å². The molecule has 0 radical (unpaired) electrons. The van der Waals surface area contributed by atoms with Gasteiger partial charge in [0.05, 0.1) is 6.10 Å². The summed E-state index contributed by atoms with van der Waals surface area (Å²) in [5, 5.41) is 16.4. The minimum Gasteiger partial charge on any atom is -0.390 e. The molecular formula is C29H45N3O3. The van der Waals surface area contributed by atoms with Crippen LogP contribution in [0.25, 0.3) is 0 Å². The van der Waals surface area contributed by atoms with E-state index in [4.69, 9.17) is 0 Å². The van der Waals surface area contributed by atoms with Crippen LogP contribution in [0, 0.1) is 12.3 Å². The molecule has 6 nitrogen and oxygen atoms in total. The third-order valence-corrected chi connectivity index (χ3v) is 5.32. The van der Waals surface area contributed by atoms with Gasteiger partial charge in [0.15, 0.2) is 0 Å². The van der Waals surface area contributed by atoms with Crippen LogP contribution in [-0.2, 0) is 22.4 Å². The van der Waals surface area contributed by atoms with Crippen molar-refractivity contribution in [1.29, 1.82) is 0 Å². The fraction of sp³-hybridized carbons (Fsp3) is 0.517. The lowest BCUT2D eigenvalue weighted by atomic mass is 10.1. The first-order valence-electron chi connectivity index (χ1n) is 12.5. The highest BCUT2D eigenvalue weighted by Gasteiger charge is 2.21. The summed E-state index contributed by atoms with van der Waals surface area (Å²) < 4.78 is 0. The molecule has 3 N–H and O–H groups in total. The highest BCUT2D eigenvalue weighted by atomic mass is 16.3. The molecule has 194 valence electrons. The van der Waals surface area contributed by atoms with Gasteiger partial charge in [0, 0.05) is 44.7 Å². The van der Waals surface area contributed by atoms with Crippen LogP contribution in [0.2, 0.25) is 0 Å². The molecule has 0 fully saturated rings. The number of nitrogens with zero attached hydrogens (tertiary/aromatic N) is 1. The number of nitrogens with one attached hydrogen (secondary N) is 2. The number of aliphatic hydroxyl groups is 1. The third kappa shape index (κ3) is 14.9. The second-order valence-electron chi connectivity index (χ2n) is 8.27. The molecule has 0 spiro atoms. The number of aliphatic hydroxyl groups excluding tert-OH is 1. The summed E-state index contributed by atoms with van der Waals surface area (Å²) >= 11 is 0. The van der Waals surface area contributed by atoms with Crippen LogP contribution < -0.4 is 10.6 Å². The normalized spacial score (nSPS) is 13.5. The first kappa shape index (κ1) is 32.1. The van der Waals surface area contributed by atoms with Gasteiger partial charge in [-0.3, -0.25) is 4.79 Å². The number of hydrogen-bond donors (Lipinski definition) is 3. The van der Waals surface area contributed by atoms with E-state index in [1.165, 1.54) is 11.1 Å². The number of terminal acetylenes is 1. The largest absolute Gasteiger partial charge is 0.390 e. The van der Waals surface area contributed by atoms with Crippen LogP contribution in [0.15, 0.2) is 48.2 Å². The van der Waals surface area contributed by atoms with Crippen molar-refractivity contribution in [2.75, 3.05) is 26.7 Å². The van der Waals surface area contributed by atoms with Crippen molar-refractivity contribution in [3.63, 3.8) is 0 Å². The fourth-order valence-electron chi connectivity index (χ4n) is 3.50. The highest BCUT2D eigenvalue weighted by molar-refractivity contribution is 5.93. The van der Waals surface area contributed by atoms with E-state index in [0.29, 0.717) is 24.6 Å². The zero-order chi connectivity index (χ0) is 26.5. The molecule has 0 saturated carbocycles. The topological polar surface area (TPSA) is 81.7 Å². The Kier molecular flexibility index (Phi) is 18.8. The molecule has 0 aliphatic heterocycles. The number of fused-ring (bicyclic) bond motifs is 1. The van der Waals surface area contributed by atoms with E-state index in [2.05, 4.69) is 47.2 Å². The van der Waals surface area contributed by atoms with E-state index in [0.717, 1.165) is 38.5 Å². The van der Waals surface area contributed by atoms with E-state index in [1.807, 2.05) is 38.1 Å². The Bertz CT molecular complexity index is 802. The van der Waals surface area contributed by atoms with Crippen LogP contribution in [0.1, 0.15) is 58.1 Å². The third-order valence-electron chi connectivity index (χ3n) is 5.32. The first-order chi connectivity index (χ1) is 16.9. The van der Waals surface area contributed by atoms with E-state index in [-0.39, 0.29) is 12.5 Å². The molecule has 0 heterocycles. The Morgan fingerprint density at radius 3 is 2.40 bits per heavy atom. The second-order valence-corrected chi connectivity index (χ2v) is 8.27. The predicted octanol–water partition coefficient (Wildman–Crippen LogP) is 3.65. The van der Waals surface area contributed by atoms with Gasteiger partial charge in [0.25, 0.3) is 0 Å². The molecule has 1 aromatic rings. The monoisotopic (exact) mass is 483 g/mol. The van der Waals surface area contributed by atoms with Crippen molar-refractivity contribution < 1.29 is 14.7 Å². The van der Waals surface area contributed by atoms with Crippen molar-refractivity contribution in [2.45, 2.75) is 71.9 Å². The molecule has 0 aromatic heterocycles. The molecule has 1 aromatic carbocycles. The van der Waals surface area contributed by atoms with Gasteiger partial charge in [-0.15, -0.1) is 12.3 Å². The zero-order valence-electron chi connectivity index (χ0n) is 22.2. The van der Waals surface area contributed by atoms with Crippen molar-refractivity contribution in [3.8, 4) is 12.3 Å². The lowest BCUT2D eigenvalue weighted by Crippen LogP contribution is -2.42. The van der Waals surface area contributed by atoms with Crippen molar-refractivity contribution in [3.05, 3.63) is 59.3 Å². The fourth-order valence-corrected chi connectivity index (χ4v) is 3.50. The lowest BCUT2D eigenvalue weighted by Gasteiger charge is -2.17. The number of benzene rings is 1. The van der Waals surface area contributed by atoms with E-state index < -0.39 is 6.10 Å². The Hall–Kier alpha value is -2.88. The summed E-state index contributed by atoms with van der Waals surface area (Å²) in [5.74, 6) is 2.07. The van der Waals surface area contributed by atoms with Gasteiger partial charge in [-0.25, -0.2) is 0 Å². The lowest BCUT2D eigenvalue weighted by molar-refractivity contribution is -0.117. The smallest absolute Gasteiger partial charge is 0.247 e. The zero-order valence-corrected chi connectivity index (χ0v) is 22.2. The van der Waals surface area contributed by atoms with E-state index in [1.54, 1.807) is 19.9 Å². The maximum Gasteiger partial charge on any atom is 0.247 e. The summed E-state index contributed by atoms with van der Waals surface area (Å²) in [7, 11) is 1.97. The second kappa shape index (κ2) is 20.5. The van der Waals surface area contributed by atoms with Gasteiger partial charge in [-0.1, -0.05) is 44.2 Å².